The number of aliphatic carboxylic acids is 1. The van der Waals surface area contributed by atoms with Gasteiger partial charge in [0.2, 0.25) is 0 Å². The quantitative estimate of drug-likeness (QED) is 0.152. The van der Waals surface area contributed by atoms with Crippen molar-refractivity contribution in [2.45, 2.75) is 148 Å². The zero-order valence-electron chi connectivity index (χ0n) is 39.6. The van der Waals surface area contributed by atoms with Crippen molar-refractivity contribution in [3.05, 3.63) is 0 Å². The number of aliphatic hydroxyl groups excluding tert-OH is 1. The largest absolute Gasteiger partial charge is 0.481 e. The van der Waals surface area contributed by atoms with Crippen LogP contribution in [0.4, 0.5) is 0 Å². The van der Waals surface area contributed by atoms with Gasteiger partial charge in [-0.25, -0.2) is 0 Å². The lowest BCUT2D eigenvalue weighted by Gasteiger charge is -2.48. The van der Waals surface area contributed by atoms with E-state index < -0.39 is 58.8 Å². The van der Waals surface area contributed by atoms with Gasteiger partial charge in [0.15, 0.2) is 0 Å². The Kier molecular flexibility index (Phi) is 10.8. The van der Waals surface area contributed by atoms with Crippen molar-refractivity contribution in [2.24, 2.45) is 118 Å². The molecule has 7 saturated heterocycles. The number of hydrogen-bond acceptors (Lipinski definition) is 14. The van der Waals surface area contributed by atoms with E-state index in [-0.39, 0.29) is 151 Å². The van der Waals surface area contributed by atoms with Crippen molar-refractivity contribution in [3.8, 4) is 0 Å². The number of carbonyl (C=O) groups excluding carboxylic acids is 5. The average Bonchev–Trinajstić information content (AvgIpc) is 4.08. The minimum absolute atomic E-state index is 0.0300. The van der Waals surface area contributed by atoms with Crippen LogP contribution in [0, 0.1) is 118 Å². The van der Waals surface area contributed by atoms with Crippen molar-refractivity contribution < 1.29 is 72.1 Å². The summed E-state index contributed by atoms with van der Waals surface area (Å²) in [5, 5.41) is 20.3. The predicted octanol–water partition coefficient (Wildman–Crippen LogP) is 4.87. The normalized spacial score (nSPS) is 50.9. The lowest BCUT2D eigenvalue weighted by atomic mass is 9.54. The molecule has 0 aromatic heterocycles. The maximum atomic E-state index is 13.9. The number of aliphatic hydroxyl groups is 1. The molecular formula is C51H70O15. The molecule has 10 bridgehead atoms. The zero-order valence-corrected chi connectivity index (χ0v) is 39.6. The summed E-state index contributed by atoms with van der Waals surface area (Å²) in [6.45, 7) is 14.8. The van der Waals surface area contributed by atoms with Gasteiger partial charge in [-0.05, 0) is 169 Å². The fraction of sp³-hybridized carbons (Fsp3) is 0.882. The van der Waals surface area contributed by atoms with Crippen LogP contribution in [0.25, 0.3) is 0 Å². The number of cyclic esters (lactones) is 2. The van der Waals surface area contributed by atoms with Gasteiger partial charge in [-0.1, -0.05) is 13.8 Å². The molecule has 0 spiro atoms. The predicted molar refractivity (Wildman–Crippen MR) is 228 cm³/mol. The Morgan fingerprint density at radius 3 is 1.73 bits per heavy atom. The molecule has 66 heavy (non-hydrogen) atoms. The second-order valence-corrected chi connectivity index (χ2v) is 24.9. The van der Waals surface area contributed by atoms with Gasteiger partial charge in [-0.2, -0.15) is 0 Å². The monoisotopic (exact) mass is 922 g/mol. The van der Waals surface area contributed by atoms with Crippen LogP contribution in [0.2, 0.25) is 0 Å². The summed E-state index contributed by atoms with van der Waals surface area (Å²) in [4.78, 5) is 80.6. The molecule has 364 valence electrons. The molecule has 0 aromatic carbocycles. The van der Waals surface area contributed by atoms with Crippen LogP contribution in [0.15, 0.2) is 0 Å². The Bertz CT molecular complexity index is 2040. The standard InChI is InChI=1S/C51H70O15/c1-18-21(39-31(17-32(18)61-39)48(58)65-50(3,4)5)13-24-26(41-34-23-11-20(33(34)40(24)62-41)12-28(23)46(56)60-10-9-52)15-27-25(14-22-19(2)45(55)64-47(22)57)42-36-30-16-29(35(36)43(27)63-42)37(44(53)54)38(30)49(59)66-51(6,7)8/h18-43,52H,9-17H2,1-8H3,(H,53,54). The van der Waals surface area contributed by atoms with Gasteiger partial charge >= 0.3 is 35.8 Å². The minimum Gasteiger partial charge on any atom is -0.481 e. The molecule has 2 N–H and O–H groups in total. The third kappa shape index (κ3) is 6.82. The molecule has 7 aliphatic heterocycles. The second kappa shape index (κ2) is 15.7. The summed E-state index contributed by atoms with van der Waals surface area (Å²) >= 11 is 0. The number of esters is 5. The summed E-state index contributed by atoms with van der Waals surface area (Å²) in [6, 6.07) is 0. The number of ether oxygens (including phenoxy) is 7. The number of rotatable bonds is 12. The molecule has 11 rings (SSSR count). The van der Waals surface area contributed by atoms with Crippen molar-refractivity contribution in [2.75, 3.05) is 13.2 Å². The van der Waals surface area contributed by atoms with Crippen LogP contribution in [-0.4, -0.2) is 107 Å². The number of fused-ring (bicyclic) bond motifs is 20. The van der Waals surface area contributed by atoms with E-state index in [2.05, 4.69) is 6.92 Å². The van der Waals surface area contributed by atoms with Gasteiger partial charge in [0, 0.05) is 0 Å². The van der Waals surface area contributed by atoms with Crippen molar-refractivity contribution >= 4 is 35.8 Å². The highest BCUT2D eigenvalue weighted by atomic mass is 16.6. The van der Waals surface area contributed by atoms with Gasteiger partial charge in [0.05, 0.1) is 78.7 Å². The molecule has 26 atom stereocenters. The number of carboxylic acid groups (broad SMARTS) is 1. The number of hydrogen-bond donors (Lipinski definition) is 2. The Labute approximate surface area is 386 Å². The third-order valence-corrected chi connectivity index (χ3v) is 19.7. The van der Waals surface area contributed by atoms with Crippen LogP contribution < -0.4 is 0 Å². The van der Waals surface area contributed by atoms with E-state index in [1.807, 2.05) is 20.8 Å². The Balaban J connectivity index is 0.934. The van der Waals surface area contributed by atoms with Gasteiger partial charge in [-0.3, -0.25) is 28.8 Å². The zero-order chi connectivity index (χ0) is 46.8. The molecule has 0 aromatic rings. The van der Waals surface area contributed by atoms with E-state index in [0.717, 1.165) is 19.3 Å². The first-order valence-electron chi connectivity index (χ1n) is 25.3. The van der Waals surface area contributed by atoms with E-state index in [0.29, 0.717) is 31.6 Å². The Morgan fingerprint density at radius 2 is 1.17 bits per heavy atom. The molecule has 26 unspecified atom stereocenters. The Hall–Kier alpha value is -3.14. The van der Waals surface area contributed by atoms with Gasteiger partial charge in [-0.15, -0.1) is 0 Å². The molecule has 0 amide bonds. The highest BCUT2D eigenvalue weighted by Gasteiger charge is 2.76. The van der Waals surface area contributed by atoms with Gasteiger partial charge < -0.3 is 43.4 Å². The maximum Gasteiger partial charge on any atom is 0.317 e. The molecule has 4 aliphatic carbocycles. The lowest BCUT2D eigenvalue weighted by Crippen LogP contribution is -2.53. The summed E-state index contributed by atoms with van der Waals surface area (Å²) in [5.74, 6) is -6.27. The van der Waals surface area contributed by atoms with E-state index in [1.54, 1.807) is 27.7 Å². The molecular weight excluding hydrogens is 853 g/mol. The molecule has 4 saturated carbocycles. The molecule has 7 heterocycles. The van der Waals surface area contributed by atoms with E-state index >= 15 is 0 Å². The molecule has 11 aliphatic rings. The third-order valence-electron chi connectivity index (χ3n) is 19.7. The van der Waals surface area contributed by atoms with E-state index in [4.69, 9.17) is 33.2 Å². The van der Waals surface area contributed by atoms with E-state index in [1.165, 1.54) is 0 Å². The number of carboxylic acids is 1. The first kappa shape index (κ1) is 45.3. The summed E-state index contributed by atoms with van der Waals surface area (Å²) in [5.41, 5.74) is -1.41. The Morgan fingerprint density at radius 1 is 0.606 bits per heavy atom. The maximum absolute atomic E-state index is 13.9. The molecule has 15 nitrogen and oxygen atoms in total. The topological polar surface area (TPSA) is 207 Å². The average molecular weight is 923 g/mol. The van der Waals surface area contributed by atoms with Crippen molar-refractivity contribution in [3.63, 3.8) is 0 Å². The number of carbonyl (C=O) groups is 6. The van der Waals surface area contributed by atoms with Gasteiger partial charge in [0.25, 0.3) is 0 Å². The smallest absolute Gasteiger partial charge is 0.317 e. The molecule has 11 fully saturated rings. The second-order valence-electron chi connectivity index (χ2n) is 24.9. The summed E-state index contributed by atoms with van der Waals surface area (Å²) in [7, 11) is 0. The van der Waals surface area contributed by atoms with Crippen LogP contribution >= 0.6 is 0 Å². The first-order chi connectivity index (χ1) is 31.1. The summed E-state index contributed by atoms with van der Waals surface area (Å²) < 4.78 is 43.7. The SMILES string of the molecule is CC1C(=O)OC(=O)C1CC1C(CC2C(CC3C(C)C4CC(C(=O)OC(C)(C)C)C3O4)C3OC2C2C4CC(CC4C(=O)OCCO)C32)C2OC1C1C3CC(C(C(=O)O)C3C(=O)OC(C)(C)C)C21. The highest BCUT2D eigenvalue weighted by Crippen LogP contribution is 2.73. The first-order valence-corrected chi connectivity index (χ1v) is 25.3. The van der Waals surface area contributed by atoms with Crippen LogP contribution in [0.1, 0.15) is 100 Å². The lowest BCUT2D eigenvalue weighted by molar-refractivity contribution is -0.172. The fourth-order valence-corrected chi connectivity index (χ4v) is 17.7. The van der Waals surface area contributed by atoms with Crippen molar-refractivity contribution in [1.29, 1.82) is 0 Å². The fourth-order valence-electron chi connectivity index (χ4n) is 17.7. The summed E-state index contributed by atoms with van der Waals surface area (Å²) in [6.07, 6.45) is 3.60. The molecule has 0 radical (unpaired) electrons. The van der Waals surface area contributed by atoms with E-state index in [9.17, 15) is 39.0 Å². The highest BCUT2D eigenvalue weighted by molar-refractivity contribution is 5.96. The van der Waals surface area contributed by atoms with Crippen LogP contribution in [0.5, 0.6) is 0 Å². The molecule has 15 heteroatoms. The van der Waals surface area contributed by atoms with Crippen molar-refractivity contribution in [1.82, 2.24) is 0 Å². The minimum atomic E-state index is -0.989. The van der Waals surface area contributed by atoms with Crippen LogP contribution in [0.3, 0.4) is 0 Å². The van der Waals surface area contributed by atoms with Gasteiger partial charge in [0.1, 0.15) is 17.8 Å². The van der Waals surface area contributed by atoms with Crippen LogP contribution in [-0.2, 0) is 61.9 Å².